The summed E-state index contributed by atoms with van der Waals surface area (Å²) < 4.78 is 0. The highest BCUT2D eigenvalue weighted by atomic mass is 14.0. The molecule has 126 valence electrons. The van der Waals surface area contributed by atoms with Crippen LogP contribution in [0.5, 0.6) is 0 Å². The smallest absolute Gasteiger partial charge is 0.0323 e. The molecule has 0 aromatic rings. The zero-order valence-electron chi connectivity index (χ0n) is 15.4. The lowest BCUT2D eigenvalue weighted by Crippen LogP contribution is -1.83. The summed E-state index contributed by atoms with van der Waals surface area (Å²) in [7, 11) is 0. The Hall–Kier alpha value is -0.260. The van der Waals surface area contributed by atoms with E-state index in [1.54, 1.807) is 5.57 Å². The van der Waals surface area contributed by atoms with Crippen LogP contribution in [0.3, 0.4) is 0 Å². The molecule has 0 nitrogen and oxygen atoms in total. The Balaban J connectivity index is 3.24. The van der Waals surface area contributed by atoms with Crippen LogP contribution in [0.25, 0.3) is 0 Å². The zero-order valence-corrected chi connectivity index (χ0v) is 15.4. The number of allylic oxidation sites excluding steroid dienone is 2. The van der Waals surface area contributed by atoms with E-state index in [2.05, 4.69) is 26.8 Å². The van der Waals surface area contributed by atoms with Gasteiger partial charge < -0.3 is 0 Å². The summed E-state index contributed by atoms with van der Waals surface area (Å²) in [5, 5.41) is 0. The highest BCUT2D eigenvalue weighted by Crippen LogP contribution is 2.14. The van der Waals surface area contributed by atoms with Crippen LogP contribution in [-0.2, 0) is 0 Å². The van der Waals surface area contributed by atoms with Gasteiger partial charge in [0.25, 0.3) is 0 Å². The van der Waals surface area contributed by atoms with Crippen LogP contribution in [-0.4, -0.2) is 0 Å². The molecular formula is C21H42. The van der Waals surface area contributed by atoms with Crippen LogP contribution in [0, 0.1) is 0 Å². The topological polar surface area (TPSA) is 0 Å². The largest absolute Gasteiger partial charge is 0.0856 e. The minimum atomic E-state index is 1.31. The molecule has 21 heavy (non-hydrogen) atoms. The molecular weight excluding hydrogens is 252 g/mol. The minimum absolute atomic E-state index is 1.31. The highest BCUT2D eigenvalue weighted by Gasteiger charge is 1.94. The predicted octanol–water partition coefficient (Wildman–Crippen LogP) is 8.21. The van der Waals surface area contributed by atoms with Crippen LogP contribution >= 0.6 is 0 Å². The van der Waals surface area contributed by atoms with E-state index < -0.39 is 0 Å². The molecule has 0 atom stereocenters. The molecule has 0 rings (SSSR count). The first-order valence-corrected chi connectivity index (χ1v) is 9.96. The van der Waals surface area contributed by atoms with Gasteiger partial charge in [0.2, 0.25) is 0 Å². The fourth-order valence-electron chi connectivity index (χ4n) is 2.91. The van der Waals surface area contributed by atoms with Crippen molar-refractivity contribution in [2.24, 2.45) is 0 Å². The Labute approximate surface area is 135 Å². The molecule has 0 aromatic heterocycles. The van der Waals surface area contributed by atoms with E-state index in [0.717, 1.165) is 0 Å². The third-order valence-electron chi connectivity index (χ3n) is 4.48. The Morgan fingerprint density at radius 2 is 1.00 bits per heavy atom. The molecule has 0 spiro atoms. The second-order valence-corrected chi connectivity index (χ2v) is 6.83. The fourth-order valence-corrected chi connectivity index (χ4v) is 2.91. The summed E-state index contributed by atoms with van der Waals surface area (Å²) in [5.74, 6) is 0. The van der Waals surface area contributed by atoms with Crippen LogP contribution < -0.4 is 0 Å². The minimum Gasteiger partial charge on any atom is -0.0856 e. The quantitative estimate of drug-likeness (QED) is 0.199. The van der Waals surface area contributed by atoms with Gasteiger partial charge in [0.1, 0.15) is 0 Å². The number of hydrogen-bond donors (Lipinski definition) is 0. The summed E-state index contributed by atoms with van der Waals surface area (Å²) in [6.45, 7) is 6.91. The molecule has 0 saturated carbocycles. The van der Waals surface area contributed by atoms with Gasteiger partial charge in [0.15, 0.2) is 0 Å². The normalized spacial score (nSPS) is 12.0. The van der Waals surface area contributed by atoms with Crippen LogP contribution in [0.4, 0.5) is 0 Å². The Kier molecular flexibility index (Phi) is 17.6. The second-order valence-electron chi connectivity index (χ2n) is 6.83. The summed E-state index contributed by atoms with van der Waals surface area (Å²) in [6, 6.07) is 0. The van der Waals surface area contributed by atoms with Crippen molar-refractivity contribution in [1.82, 2.24) is 0 Å². The van der Waals surface area contributed by atoms with Crippen LogP contribution in [0.1, 0.15) is 124 Å². The Morgan fingerprint density at radius 1 is 0.571 bits per heavy atom. The van der Waals surface area contributed by atoms with Crippen molar-refractivity contribution in [3.63, 3.8) is 0 Å². The van der Waals surface area contributed by atoms with Gasteiger partial charge >= 0.3 is 0 Å². The van der Waals surface area contributed by atoms with Crippen molar-refractivity contribution >= 4 is 0 Å². The van der Waals surface area contributed by atoms with E-state index in [0.29, 0.717) is 0 Å². The molecule has 0 aromatic carbocycles. The Bertz CT molecular complexity index is 214. The second kappa shape index (κ2) is 17.8. The lowest BCUT2D eigenvalue weighted by Gasteiger charge is -2.03. The fraction of sp³-hybridized carbons (Fsp3) is 0.905. The molecule has 0 fully saturated rings. The van der Waals surface area contributed by atoms with E-state index in [1.165, 1.54) is 103 Å². The number of unbranched alkanes of at least 4 members (excludes halogenated alkanes) is 13. The molecule has 0 aliphatic carbocycles. The van der Waals surface area contributed by atoms with E-state index >= 15 is 0 Å². The SMILES string of the molecule is CCCCCCCC/C=C(\C)CCCCCCCCCC. The van der Waals surface area contributed by atoms with Gasteiger partial charge in [-0.15, -0.1) is 0 Å². The summed E-state index contributed by atoms with van der Waals surface area (Å²) in [5.41, 5.74) is 1.63. The third-order valence-corrected chi connectivity index (χ3v) is 4.48. The molecule has 0 aliphatic rings. The monoisotopic (exact) mass is 294 g/mol. The number of rotatable bonds is 16. The maximum Gasteiger partial charge on any atom is -0.0323 e. The van der Waals surface area contributed by atoms with Crippen molar-refractivity contribution < 1.29 is 0 Å². The van der Waals surface area contributed by atoms with Gasteiger partial charge in [-0.25, -0.2) is 0 Å². The molecule has 0 aliphatic heterocycles. The first kappa shape index (κ1) is 20.7. The maximum atomic E-state index is 2.50. The van der Waals surface area contributed by atoms with Gasteiger partial charge in [-0.05, 0) is 32.6 Å². The van der Waals surface area contributed by atoms with Crippen molar-refractivity contribution in [2.75, 3.05) is 0 Å². The van der Waals surface area contributed by atoms with E-state index in [1.807, 2.05) is 0 Å². The van der Waals surface area contributed by atoms with E-state index in [9.17, 15) is 0 Å². The van der Waals surface area contributed by atoms with Gasteiger partial charge in [-0.1, -0.05) is 103 Å². The van der Waals surface area contributed by atoms with Crippen molar-refractivity contribution in [2.45, 2.75) is 124 Å². The molecule has 0 N–H and O–H groups in total. The van der Waals surface area contributed by atoms with Crippen molar-refractivity contribution in [1.29, 1.82) is 0 Å². The van der Waals surface area contributed by atoms with E-state index in [-0.39, 0.29) is 0 Å². The molecule has 0 saturated heterocycles. The first-order chi connectivity index (χ1) is 10.3. The molecule has 0 bridgehead atoms. The van der Waals surface area contributed by atoms with Gasteiger partial charge in [-0.3, -0.25) is 0 Å². The van der Waals surface area contributed by atoms with Gasteiger partial charge in [0.05, 0.1) is 0 Å². The first-order valence-electron chi connectivity index (χ1n) is 9.96. The number of hydrogen-bond acceptors (Lipinski definition) is 0. The van der Waals surface area contributed by atoms with Crippen LogP contribution in [0.2, 0.25) is 0 Å². The van der Waals surface area contributed by atoms with Crippen molar-refractivity contribution in [3.05, 3.63) is 11.6 Å². The molecule has 0 heteroatoms. The summed E-state index contributed by atoms with van der Waals surface area (Å²) in [4.78, 5) is 0. The van der Waals surface area contributed by atoms with Crippen molar-refractivity contribution in [3.8, 4) is 0 Å². The third kappa shape index (κ3) is 17.7. The average molecular weight is 295 g/mol. The molecule has 0 amide bonds. The Morgan fingerprint density at radius 3 is 1.52 bits per heavy atom. The highest BCUT2D eigenvalue weighted by molar-refractivity contribution is 4.97. The summed E-state index contributed by atoms with van der Waals surface area (Å²) in [6.07, 6.45) is 25.1. The average Bonchev–Trinajstić information content (AvgIpc) is 2.49. The standard InChI is InChI=1S/C21H42/c1-4-6-8-10-12-14-16-18-20-21(3)19-17-15-13-11-9-7-5-2/h19H,4-18,20H2,1-3H3/b21-19+. The predicted molar refractivity (Wildman–Crippen MR) is 99.0 cm³/mol. The zero-order chi connectivity index (χ0) is 15.6. The lowest BCUT2D eigenvalue weighted by atomic mass is 10.0. The molecule has 0 unspecified atom stereocenters. The maximum absolute atomic E-state index is 2.50. The van der Waals surface area contributed by atoms with Gasteiger partial charge in [0, 0.05) is 0 Å². The van der Waals surface area contributed by atoms with E-state index in [4.69, 9.17) is 0 Å². The van der Waals surface area contributed by atoms with Crippen LogP contribution in [0.15, 0.2) is 11.6 Å². The molecule has 0 heterocycles. The summed E-state index contributed by atoms with van der Waals surface area (Å²) >= 11 is 0. The molecule has 0 radical (unpaired) electrons. The van der Waals surface area contributed by atoms with Gasteiger partial charge in [-0.2, -0.15) is 0 Å². The lowest BCUT2D eigenvalue weighted by molar-refractivity contribution is 0.574.